The normalized spacial score (nSPS) is 26.4. The minimum atomic E-state index is -3.62. The summed E-state index contributed by atoms with van der Waals surface area (Å²) in [5, 5.41) is 2.77. The van der Waals surface area contributed by atoms with Crippen molar-refractivity contribution in [1.29, 1.82) is 0 Å². The second kappa shape index (κ2) is 5.40. The third-order valence-electron chi connectivity index (χ3n) is 4.33. The van der Waals surface area contributed by atoms with Gasteiger partial charge in [-0.05, 0) is 24.5 Å². The molecule has 2 aliphatic heterocycles. The number of nitrogens with one attached hydrogen (secondary N) is 1. The van der Waals surface area contributed by atoms with Crippen LogP contribution in [0.1, 0.15) is 18.4 Å². The van der Waals surface area contributed by atoms with Gasteiger partial charge in [0.1, 0.15) is 0 Å². The Balaban J connectivity index is 2.00. The number of piperidine rings is 1. The van der Waals surface area contributed by atoms with Crippen LogP contribution in [-0.2, 0) is 21.4 Å². The number of hydrogen-bond acceptors (Lipinski definition) is 4. The van der Waals surface area contributed by atoms with Gasteiger partial charge in [0.25, 0.3) is 0 Å². The second-order valence-corrected chi connectivity index (χ2v) is 7.35. The van der Waals surface area contributed by atoms with Gasteiger partial charge < -0.3 is 11.1 Å². The monoisotopic (exact) mass is 309 g/mol. The van der Waals surface area contributed by atoms with E-state index in [2.05, 4.69) is 5.32 Å². The summed E-state index contributed by atoms with van der Waals surface area (Å²) in [6.07, 6.45) is 1.46. The maximum Gasteiger partial charge on any atom is 0.243 e. The van der Waals surface area contributed by atoms with Crippen LogP contribution in [0.15, 0.2) is 29.2 Å². The van der Waals surface area contributed by atoms with Gasteiger partial charge in [-0.15, -0.1) is 0 Å². The van der Waals surface area contributed by atoms with Crippen LogP contribution in [-0.4, -0.2) is 37.8 Å². The number of benzene rings is 1. The number of carbonyl (C=O) groups excluding carboxylic acids is 1. The van der Waals surface area contributed by atoms with Gasteiger partial charge in [0.15, 0.2) is 0 Å². The van der Waals surface area contributed by atoms with E-state index in [0.29, 0.717) is 25.1 Å². The summed E-state index contributed by atoms with van der Waals surface area (Å²) in [6.45, 7) is 1.03. The molecular weight excluding hydrogens is 290 g/mol. The van der Waals surface area contributed by atoms with Gasteiger partial charge in [-0.25, -0.2) is 8.42 Å². The Kier molecular flexibility index (Phi) is 3.73. The number of rotatable bonds is 3. The zero-order valence-corrected chi connectivity index (χ0v) is 12.5. The number of nitrogens with two attached hydrogens (primary N) is 1. The molecule has 7 heteroatoms. The molecule has 3 rings (SSSR count). The van der Waals surface area contributed by atoms with Crippen LogP contribution in [0.25, 0.3) is 0 Å². The Morgan fingerprint density at radius 1 is 1.33 bits per heavy atom. The topological polar surface area (TPSA) is 92.5 Å². The molecule has 0 spiro atoms. The summed E-state index contributed by atoms with van der Waals surface area (Å²) < 4.78 is 27.4. The Morgan fingerprint density at radius 3 is 2.86 bits per heavy atom. The third kappa shape index (κ3) is 2.35. The lowest BCUT2D eigenvalue weighted by Crippen LogP contribution is -2.48. The highest BCUT2D eigenvalue weighted by Crippen LogP contribution is 2.32. The first-order chi connectivity index (χ1) is 10.1. The molecule has 0 aromatic heterocycles. The fourth-order valence-electron chi connectivity index (χ4n) is 3.26. The summed E-state index contributed by atoms with van der Waals surface area (Å²) in [7, 11) is -3.62. The van der Waals surface area contributed by atoms with Gasteiger partial charge in [-0.3, -0.25) is 4.79 Å². The van der Waals surface area contributed by atoms with Crippen LogP contribution < -0.4 is 11.1 Å². The van der Waals surface area contributed by atoms with Crippen molar-refractivity contribution in [2.24, 2.45) is 11.7 Å². The number of hydrogen-bond donors (Lipinski definition) is 2. The maximum absolute atomic E-state index is 12.9. The zero-order chi connectivity index (χ0) is 15.0. The Morgan fingerprint density at radius 2 is 2.10 bits per heavy atom. The zero-order valence-electron chi connectivity index (χ0n) is 11.7. The molecule has 0 bridgehead atoms. The SMILES string of the molecule is NCc1ccccc1S(=O)(=O)N1CCCC2C(=O)NCC21. The van der Waals surface area contributed by atoms with Crippen molar-refractivity contribution in [3.8, 4) is 0 Å². The number of sulfonamides is 1. The first kappa shape index (κ1) is 14.5. The van der Waals surface area contributed by atoms with Gasteiger partial charge >= 0.3 is 0 Å². The molecule has 0 saturated carbocycles. The predicted octanol–water partition coefficient (Wildman–Crippen LogP) is 0.0444. The fourth-order valence-corrected chi connectivity index (χ4v) is 5.19. The molecule has 2 unspecified atom stereocenters. The average Bonchev–Trinajstić information content (AvgIpc) is 2.88. The third-order valence-corrected chi connectivity index (χ3v) is 6.35. The lowest BCUT2D eigenvalue weighted by Gasteiger charge is -2.35. The highest BCUT2D eigenvalue weighted by Gasteiger charge is 2.45. The molecule has 2 atom stereocenters. The fraction of sp³-hybridized carbons (Fsp3) is 0.500. The Labute approximate surface area is 124 Å². The van der Waals surface area contributed by atoms with Gasteiger partial charge in [-0.1, -0.05) is 18.2 Å². The molecule has 2 heterocycles. The minimum Gasteiger partial charge on any atom is -0.354 e. The molecule has 2 saturated heterocycles. The van der Waals surface area contributed by atoms with E-state index < -0.39 is 10.0 Å². The van der Waals surface area contributed by atoms with Gasteiger partial charge in [0.2, 0.25) is 15.9 Å². The van der Waals surface area contributed by atoms with Crippen LogP contribution in [0.2, 0.25) is 0 Å². The largest absolute Gasteiger partial charge is 0.354 e. The van der Waals surface area contributed by atoms with E-state index in [-0.39, 0.29) is 29.3 Å². The highest BCUT2D eigenvalue weighted by molar-refractivity contribution is 7.89. The van der Waals surface area contributed by atoms with E-state index in [4.69, 9.17) is 5.73 Å². The summed E-state index contributed by atoms with van der Waals surface area (Å²) in [4.78, 5) is 12.0. The molecular formula is C14H19N3O3S. The molecule has 2 fully saturated rings. The molecule has 0 aliphatic carbocycles. The number of nitrogens with zero attached hydrogens (tertiary/aromatic N) is 1. The van der Waals surface area contributed by atoms with Gasteiger partial charge in [-0.2, -0.15) is 4.31 Å². The molecule has 21 heavy (non-hydrogen) atoms. The Bertz CT molecular complexity index is 659. The first-order valence-corrected chi connectivity index (χ1v) is 8.57. The summed E-state index contributed by atoms with van der Waals surface area (Å²) in [5.74, 6) is -0.259. The Hall–Kier alpha value is -1.44. The van der Waals surface area contributed by atoms with Crippen LogP contribution in [0.3, 0.4) is 0 Å². The van der Waals surface area contributed by atoms with E-state index in [1.807, 2.05) is 0 Å². The standard InChI is InChI=1S/C14H19N3O3S/c15-8-10-4-1-2-6-13(10)21(19,20)17-7-3-5-11-12(17)9-16-14(11)18/h1-2,4,6,11-12H,3,5,7-9,15H2,(H,16,18). The number of carbonyl (C=O) groups is 1. The number of amides is 1. The molecule has 3 N–H and O–H groups in total. The molecule has 6 nitrogen and oxygen atoms in total. The highest BCUT2D eigenvalue weighted by atomic mass is 32.2. The molecule has 1 amide bonds. The maximum atomic E-state index is 12.9. The van der Waals surface area contributed by atoms with Crippen molar-refractivity contribution in [3.05, 3.63) is 29.8 Å². The lowest BCUT2D eigenvalue weighted by atomic mass is 9.93. The van der Waals surface area contributed by atoms with E-state index >= 15 is 0 Å². The quantitative estimate of drug-likeness (QED) is 0.825. The molecule has 2 aliphatic rings. The lowest BCUT2D eigenvalue weighted by molar-refractivity contribution is -0.123. The van der Waals surface area contributed by atoms with E-state index in [1.165, 1.54) is 4.31 Å². The minimum absolute atomic E-state index is 0.0352. The molecule has 114 valence electrons. The summed E-state index contributed by atoms with van der Waals surface area (Å²) >= 11 is 0. The van der Waals surface area contributed by atoms with Gasteiger partial charge in [0.05, 0.1) is 16.9 Å². The van der Waals surface area contributed by atoms with Crippen LogP contribution in [0.4, 0.5) is 0 Å². The van der Waals surface area contributed by atoms with Crippen molar-refractivity contribution < 1.29 is 13.2 Å². The van der Waals surface area contributed by atoms with E-state index in [1.54, 1.807) is 24.3 Å². The van der Waals surface area contributed by atoms with Crippen LogP contribution >= 0.6 is 0 Å². The molecule has 1 aromatic carbocycles. The van der Waals surface area contributed by atoms with Gasteiger partial charge in [0, 0.05) is 19.6 Å². The second-order valence-electron chi connectivity index (χ2n) is 5.49. The van der Waals surface area contributed by atoms with E-state index in [9.17, 15) is 13.2 Å². The van der Waals surface area contributed by atoms with Crippen molar-refractivity contribution in [2.45, 2.75) is 30.3 Å². The van der Waals surface area contributed by atoms with E-state index in [0.717, 1.165) is 6.42 Å². The van der Waals surface area contributed by atoms with Crippen molar-refractivity contribution in [3.63, 3.8) is 0 Å². The summed E-state index contributed by atoms with van der Waals surface area (Å²) in [5.41, 5.74) is 6.26. The predicted molar refractivity (Wildman–Crippen MR) is 77.7 cm³/mol. The van der Waals surface area contributed by atoms with Crippen molar-refractivity contribution in [1.82, 2.24) is 9.62 Å². The molecule has 0 radical (unpaired) electrons. The smallest absolute Gasteiger partial charge is 0.243 e. The van der Waals surface area contributed by atoms with Crippen molar-refractivity contribution in [2.75, 3.05) is 13.1 Å². The average molecular weight is 309 g/mol. The van der Waals surface area contributed by atoms with Crippen LogP contribution in [0.5, 0.6) is 0 Å². The van der Waals surface area contributed by atoms with Crippen molar-refractivity contribution >= 4 is 15.9 Å². The number of fused-ring (bicyclic) bond motifs is 1. The summed E-state index contributed by atoms with van der Waals surface area (Å²) in [6, 6.07) is 6.52. The first-order valence-electron chi connectivity index (χ1n) is 7.13. The molecule has 1 aromatic rings. The van der Waals surface area contributed by atoms with Crippen LogP contribution in [0, 0.1) is 5.92 Å².